The van der Waals surface area contributed by atoms with Crippen molar-refractivity contribution in [2.45, 2.75) is 23.6 Å². The number of halogens is 2. The molecule has 1 aromatic heterocycles. The molecular weight excluding hydrogens is 271 g/mol. The van der Waals surface area contributed by atoms with Gasteiger partial charge in [0.15, 0.2) is 0 Å². The lowest BCUT2D eigenvalue weighted by Gasteiger charge is -2.21. The summed E-state index contributed by atoms with van der Waals surface area (Å²) < 4.78 is 0. The molecule has 1 aliphatic carbocycles. The fourth-order valence-corrected chi connectivity index (χ4v) is 4.26. The van der Waals surface area contributed by atoms with Crippen LogP contribution in [0.5, 0.6) is 0 Å². The van der Waals surface area contributed by atoms with Gasteiger partial charge in [0, 0.05) is 10.3 Å². The van der Waals surface area contributed by atoms with Crippen LogP contribution in [0.15, 0.2) is 41.8 Å². The summed E-state index contributed by atoms with van der Waals surface area (Å²) in [6.07, 6.45) is 2.30. The third-order valence-electron chi connectivity index (χ3n) is 3.50. The first-order chi connectivity index (χ1) is 8.24. The van der Waals surface area contributed by atoms with E-state index in [0.717, 1.165) is 22.7 Å². The number of benzene rings is 1. The van der Waals surface area contributed by atoms with Crippen molar-refractivity contribution in [3.63, 3.8) is 0 Å². The molecule has 1 unspecified atom stereocenters. The zero-order chi connectivity index (χ0) is 11.9. The summed E-state index contributed by atoms with van der Waals surface area (Å²) in [5.41, 5.74) is 1.45. The van der Waals surface area contributed by atoms with Crippen LogP contribution in [0.2, 0.25) is 5.02 Å². The Kier molecular flexibility index (Phi) is 2.94. The zero-order valence-electron chi connectivity index (χ0n) is 9.20. The highest BCUT2D eigenvalue weighted by atomic mass is 35.5. The number of rotatable bonds is 3. The number of hydrogen-bond donors (Lipinski definition) is 0. The van der Waals surface area contributed by atoms with E-state index in [9.17, 15) is 0 Å². The molecule has 0 N–H and O–H groups in total. The maximum atomic E-state index is 6.67. The molecule has 0 amide bonds. The van der Waals surface area contributed by atoms with Crippen molar-refractivity contribution < 1.29 is 0 Å². The van der Waals surface area contributed by atoms with E-state index in [0.29, 0.717) is 0 Å². The summed E-state index contributed by atoms with van der Waals surface area (Å²) in [5, 5.41) is 2.81. The van der Waals surface area contributed by atoms with Crippen molar-refractivity contribution in [3.05, 3.63) is 57.2 Å². The van der Waals surface area contributed by atoms with Crippen molar-refractivity contribution in [3.8, 4) is 0 Å². The van der Waals surface area contributed by atoms with Gasteiger partial charge in [-0.05, 0) is 29.9 Å². The minimum Gasteiger partial charge on any atom is -0.146 e. The molecule has 0 bridgehead atoms. The Hall–Kier alpha value is -0.500. The first kappa shape index (κ1) is 11.6. The fourth-order valence-electron chi connectivity index (χ4n) is 2.33. The minimum atomic E-state index is -0.00241. The van der Waals surface area contributed by atoms with Gasteiger partial charge in [0.2, 0.25) is 0 Å². The summed E-state index contributed by atoms with van der Waals surface area (Å²) in [5.74, 6) is 0. The van der Waals surface area contributed by atoms with Gasteiger partial charge in [0.25, 0.3) is 0 Å². The van der Waals surface area contributed by atoms with Crippen LogP contribution in [-0.4, -0.2) is 0 Å². The molecule has 3 rings (SSSR count). The van der Waals surface area contributed by atoms with E-state index in [-0.39, 0.29) is 10.8 Å². The molecule has 88 valence electrons. The molecule has 2 aromatic rings. The highest BCUT2D eigenvalue weighted by Gasteiger charge is 2.51. The van der Waals surface area contributed by atoms with Crippen molar-refractivity contribution >= 4 is 34.5 Å². The SMILES string of the molecule is Clc1ccsc1C(Cl)C1(c2ccccc2)CC1. The van der Waals surface area contributed by atoms with Gasteiger partial charge in [0.05, 0.1) is 10.4 Å². The summed E-state index contributed by atoms with van der Waals surface area (Å²) >= 11 is 14.5. The standard InChI is InChI=1S/C14H12Cl2S/c15-11-6-9-17-12(11)13(16)14(7-8-14)10-4-2-1-3-5-10/h1-6,9,13H,7-8H2. The first-order valence-electron chi connectivity index (χ1n) is 5.66. The lowest BCUT2D eigenvalue weighted by molar-refractivity contribution is 0.671. The number of thiophene rings is 1. The largest absolute Gasteiger partial charge is 0.146 e. The van der Waals surface area contributed by atoms with Gasteiger partial charge in [0.1, 0.15) is 0 Å². The third-order valence-corrected chi connectivity index (χ3v) is 5.69. The molecule has 0 spiro atoms. The zero-order valence-corrected chi connectivity index (χ0v) is 11.5. The second-order valence-corrected chi connectivity index (χ2v) is 6.31. The Bertz CT molecular complexity index is 514. The van der Waals surface area contributed by atoms with E-state index >= 15 is 0 Å². The van der Waals surface area contributed by atoms with Gasteiger partial charge < -0.3 is 0 Å². The molecule has 0 saturated heterocycles. The Morgan fingerprint density at radius 1 is 1.12 bits per heavy atom. The van der Waals surface area contributed by atoms with Gasteiger partial charge >= 0.3 is 0 Å². The van der Waals surface area contributed by atoms with E-state index in [1.807, 2.05) is 17.5 Å². The normalized spacial score (nSPS) is 18.9. The van der Waals surface area contributed by atoms with Gasteiger partial charge in [-0.1, -0.05) is 41.9 Å². The molecule has 0 nitrogen and oxygen atoms in total. The predicted octanol–water partition coefficient (Wildman–Crippen LogP) is 5.41. The second-order valence-electron chi connectivity index (χ2n) is 4.52. The summed E-state index contributed by atoms with van der Waals surface area (Å²) in [6.45, 7) is 0. The topological polar surface area (TPSA) is 0 Å². The van der Waals surface area contributed by atoms with E-state index in [1.54, 1.807) is 11.3 Å². The Morgan fingerprint density at radius 2 is 1.82 bits per heavy atom. The van der Waals surface area contributed by atoms with E-state index < -0.39 is 0 Å². The van der Waals surface area contributed by atoms with E-state index in [1.165, 1.54) is 5.56 Å². The smallest absolute Gasteiger partial charge is 0.0789 e. The average Bonchev–Trinajstić information content (AvgIpc) is 3.07. The van der Waals surface area contributed by atoms with Crippen LogP contribution >= 0.6 is 34.5 Å². The summed E-state index contributed by atoms with van der Waals surface area (Å²) in [6, 6.07) is 12.5. The maximum Gasteiger partial charge on any atom is 0.0789 e. The Morgan fingerprint density at radius 3 is 2.35 bits per heavy atom. The Balaban J connectivity index is 1.97. The molecular formula is C14H12Cl2S. The quantitative estimate of drug-likeness (QED) is 0.660. The molecule has 1 heterocycles. The lowest BCUT2D eigenvalue weighted by Crippen LogP contribution is -2.13. The first-order valence-corrected chi connectivity index (χ1v) is 7.36. The van der Waals surface area contributed by atoms with Crippen LogP contribution < -0.4 is 0 Å². The molecule has 1 saturated carbocycles. The monoisotopic (exact) mass is 282 g/mol. The number of hydrogen-bond acceptors (Lipinski definition) is 1. The molecule has 0 radical (unpaired) electrons. The highest BCUT2D eigenvalue weighted by molar-refractivity contribution is 7.11. The molecule has 3 heteroatoms. The van der Waals surface area contributed by atoms with Gasteiger partial charge in [-0.15, -0.1) is 22.9 Å². The van der Waals surface area contributed by atoms with Gasteiger partial charge in [-0.25, -0.2) is 0 Å². The predicted molar refractivity (Wildman–Crippen MR) is 75.3 cm³/mol. The molecule has 1 atom stereocenters. The van der Waals surface area contributed by atoms with Gasteiger partial charge in [-0.3, -0.25) is 0 Å². The van der Waals surface area contributed by atoms with Crippen LogP contribution in [0.3, 0.4) is 0 Å². The fraction of sp³-hybridized carbons (Fsp3) is 0.286. The van der Waals surface area contributed by atoms with Crippen LogP contribution in [0, 0.1) is 0 Å². The molecule has 0 aliphatic heterocycles. The molecule has 1 aromatic carbocycles. The highest BCUT2D eigenvalue weighted by Crippen LogP contribution is 2.60. The van der Waals surface area contributed by atoms with Crippen LogP contribution in [0.4, 0.5) is 0 Å². The number of alkyl halides is 1. The third kappa shape index (κ3) is 1.91. The van der Waals surface area contributed by atoms with Crippen molar-refractivity contribution in [2.75, 3.05) is 0 Å². The average molecular weight is 283 g/mol. The lowest BCUT2D eigenvalue weighted by atomic mass is 9.91. The van der Waals surface area contributed by atoms with Crippen LogP contribution in [0.1, 0.15) is 28.7 Å². The van der Waals surface area contributed by atoms with Crippen molar-refractivity contribution in [1.82, 2.24) is 0 Å². The molecule has 1 aliphatic rings. The Labute approximate surface area is 115 Å². The maximum absolute atomic E-state index is 6.67. The second kappa shape index (κ2) is 4.31. The van der Waals surface area contributed by atoms with Crippen molar-refractivity contribution in [1.29, 1.82) is 0 Å². The molecule has 1 fully saturated rings. The van der Waals surface area contributed by atoms with Gasteiger partial charge in [-0.2, -0.15) is 0 Å². The minimum absolute atomic E-state index is 0.00241. The van der Waals surface area contributed by atoms with E-state index in [2.05, 4.69) is 24.3 Å². The summed E-state index contributed by atoms with van der Waals surface area (Å²) in [4.78, 5) is 1.11. The van der Waals surface area contributed by atoms with Crippen LogP contribution in [-0.2, 0) is 5.41 Å². The summed E-state index contributed by atoms with van der Waals surface area (Å²) in [7, 11) is 0. The molecule has 17 heavy (non-hydrogen) atoms. The van der Waals surface area contributed by atoms with Crippen LogP contribution in [0.25, 0.3) is 0 Å². The van der Waals surface area contributed by atoms with E-state index in [4.69, 9.17) is 23.2 Å². The van der Waals surface area contributed by atoms with Crippen molar-refractivity contribution in [2.24, 2.45) is 0 Å².